The molecule has 0 aliphatic heterocycles. The van der Waals surface area contributed by atoms with E-state index in [1.165, 1.54) is 0 Å². The third-order valence-corrected chi connectivity index (χ3v) is 0.859. The summed E-state index contributed by atoms with van der Waals surface area (Å²) in [6.45, 7) is 2.12. The normalized spacial score (nSPS) is 12.2. The summed E-state index contributed by atoms with van der Waals surface area (Å²) in [4.78, 5) is 19.4. The predicted molar refractivity (Wildman–Crippen MR) is 33.0 cm³/mol. The molecule has 0 fully saturated rings. The van der Waals surface area contributed by atoms with Gasteiger partial charge in [-0.15, -0.1) is 0 Å². The van der Waals surface area contributed by atoms with Crippen molar-refractivity contribution in [3.63, 3.8) is 0 Å². The molecule has 10 heavy (non-hydrogen) atoms. The zero-order chi connectivity index (χ0) is 8.31. The molecule has 1 N–H and O–H groups in total. The number of rotatable bonds is 2. The Labute approximate surface area is 57.1 Å². The van der Waals surface area contributed by atoms with Crippen molar-refractivity contribution < 1.29 is 14.8 Å². The monoisotopic (exact) mass is 145 g/mol. The third kappa shape index (κ3) is 1.85. The summed E-state index contributed by atoms with van der Waals surface area (Å²) >= 11 is 0. The number of hydrogen-bond acceptors (Lipinski definition) is 4. The lowest BCUT2D eigenvalue weighted by Crippen LogP contribution is -2.09. The van der Waals surface area contributed by atoms with Gasteiger partial charge in [0.05, 0.1) is 4.92 Å². The van der Waals surface area contributed by atoms with Crippen LogP contribution in [0.4, 0.5) is 0 Å². The van der Waals surface area contributed by atoms with Crippen LogP contribution in [-0.4, -0.2) is 15.8 Å². The van der Waals surface area contributed by atoms with E-state index in [2.05, 4.69) is 0 Å². The standard InChI is InChI=1S/C5H7NO4/c1-3(7)5(4(2)8)6(9)10/h7H,1-2H3/b5-3+. The highest BCUT2D eigenvalue weighted by atomic mass is 16.6. The van der Waals surface area contributed by atoms with Gasteiger partial charge in [0.1, 0.15) is 0 Å². The van der Waals surface area contributed by atoms with E-state index in [0.717, 1.165) is 13.8 Å². The molecule has 0 atom stereocenters. The predicted octanol–water partition coefficient (Wildman–Crippen LogP) is 0.642. The van der Waals surface area contributed by atoms with Gasteiger partial charge in [0.15, 0.2) is 5.76 Å². The fourth-order valence-electron chi connectivity index (χ4n) is 0.515. The van der Waals surface area contributed by atoms with Crippen molar-refractivity contribution in [2.45, 2.75) is 13.8 Å². The second-order valence-corrected chi connectivity index (χ2v) is 1.75. The average molecular weight is 145 g/mol. The van der Waals surface area contributed by atoms with E-state index < -0.39 is 22.2 Å². The fraction of sp³-hybridized carbons (Fsp3) is 0.400. The molecule has 0 saturated carbocycles. The molecule has 5 heteroatoms. The molecule has 0 amide bonds. The highest BCUT2D eigenvalue weighted by molar-refractivity contribution is 5.91. The fourth-order valence-corrected chi connectivity index (χ4v) is 0.515. The largest absolute Gasteiger partial charge is 0.506 e. The number of ketones is 1. The molecule has 0 aromatic heterocycles. The van der Waals surface area contributed by atoms with Gasteiger partial charge in [-0.25, -0.2) is 0 Å². The van der Waals surface area contributed by atoms with Gasteiger partial charge in [0.2, 0.25) is 5.78 Å². The summed E-state index contributed by atoms with van der Waals surface area (Å²) in [7, 11) is 0. The Bertz CT molecular complexity index is 186. The van der Waals surface area contributed by atoms with Crippen LogP contribution in [0.15, 0.2) is 11.5 Å². The molecule has 0 saturated heterocycles. The Morgan fingerprint density at radius 1 is 1.50 bits per heavy atom. The lowest BCUT2D eigenvalue weighted by atomic mass is 10.3. The molecule has 0 radical (unpaired) electrons. The van der Waals surface area contributed by atoms with E-state index in [1.54, 1.807) is 0 Å². The summed E-state index contributed by atoms with van der Waals surface area (Å²) < 4.78 is 0. The molecule has 0 aliphatic carbocycles. The van der Waals surface area contributed by atoms with Crippen LogP contribution in [0.2, 0.25) is 0 Å². The summed E-state index contributed by atoms with van der Waals surface area (Å²) in [5, 5.41) is 18.5. The molecule has 0 heterocycles. The Hall–Kier alpha value is -1.39. The van der Waals surface area contributed by atoms with Crippen LogP contribution in [-0.2, 0) is 4.79 Å². The number of allylic oxidation sites excluding steroid dienone is 2. The van der Waals surface area contributed by atoms with Crippen LogP contribution >= 0.6 is 0 Å². The molecule has 0 bridgehead atoms. The van der Waals surface area contributed by atoms with Gasteiger partial charge >= 0.3 is 5.70 Å². The van der Waals surface area contributed by atoms with E-state index in [9.17, 15) is 14.9 Å². The van der Waals surface area contributed by atoms with Gasteiger partial charge in [-0.1, -0.05) is 0 Å². The molecule has 0 spiro atoms. The summed E-state index contributed by atoms with van der Waals surface area (Å²) in [5.74, 6) is -1.30. The van der Waals surface area contributed by atoms with Crippen molar-refractivity contribution in [2.24, 2.45) is 0 Å². The van der Waals surface area contributed by atoms with Crippen LogP contribution in [0.1, 0.15) is 13.8 Å². The van der Waals surface area contributed by atoms with E-state index in [1.807, 2.05) is 0 Å². The van der Waals surface area contributed by atoms with Crippen molar-refractivity contribution in [3.8, 4) is 0 Å². The Morgan fingerprint density at radius 3 is 1.90 bits per heavy atom. The van der Waals surface area contributed by atoms with Gasteiger partial charge in [-0.3, -0.25) is 14.9 Å². The van der Waals surface area contributed by atoms with Gasteiger partial charge in [0.25, 0.3) is 0 Å². The zero-order valence-corrected chi connectivity index (χ0v) is 5.62. The number of nitro groups is 1. The van der Waals surface area contributed by atoms with Crippen molar-refractivity contribution in [2.75, 3.05) is 0 Å². The quantitative estimate of drug-likeness (QED) is 0.267. The van der Waals surface area contributed by atoms with Crippen molar-refractivity contribution in [1.82, 2.24) is 0 Å². The molecule has 5 nitrogen and oxygen atoms in total. The molecule has 56 valence electrons. The molecule has 0 aromatic carbocycles. The first kappa shape index (κ1) is 8.61. The van der Waals surface area contributed by atoms with Gasteiger partial charge < -0.3 is 5.11 Å². The second-order valence-electron chi connectivity index (χ2n) is 1.75. The first-order chi connectivity index (χ1) is 4.46. The van der Waals surface area contributed by atoms with Gasteiger partial charge in [-0.2, -0.15) is 0 Å². The smallest absolute Gasteiger partial charge is 0.348 e. The lowest BCUT2D eigenvalue weighted by molar-refractivity contribution is -0.421. The van der Waals surface area contributed by atoms with Crippen LogP contribution in [0.5, 0.6) is 0 Å². The van der Waals surface area contributed by atoms with Gasteiger partial charge in [-0.05, 0) is 0 Å². The number of aliphatic hydroxyl groups is 1. The summed E-state index contributed by atoms with van der Waals surface area (Å²) in [5.41, 5.74) is -0.750. The first-order valence-electron chi connectivity index (χ1n) is 2.52. The van der Waals surface area contributed by atoms with Crippen LogP contribution in [0, 0.1) is 10.1 Å². The highest BCUT2D eigenvalue weighted by Gasteiger charge is 2.20. The molecular weight excluding hydrogens is 138 g/mol. The summed E-state index contributed by atoms with van der Waals surface area (Å²) in [6, 6.07) is 0. The number of nitrogens with zero attached hydrogens (tertiary/aromatic N) is 1. The SMILES string of the molecule is CC(=O)/C(=C(/C)O)[N+](=O)[O-]. The molecule has 0 unspecified atom stereocenters. The second kappa shape index (κ2) is 2.95. The van der Waals surface area contributed by atoms with Crippen molar-refractivity contribution in [3.05, 3.63) is 21.6 Å². The highest BCUT2D eigenvalue weighted by Crippen LogP contribution is 2.01. The number of hydrogen-bond donors (Lipinski definition) is 1. The number of Topliss-reactive ketones (excluding diaryl/α,β-unsaturated/α-hetero) is 1. The van der Waals surface area contributed by atoms with Crippen LogP contribution < -0.4 is 0 Å². The van der Waals surface area contributed by atoms with E-state index in [0.29, 0.717) is 0 Å². The minimum Gasteiger partial charge on any atom is -0.506 e. The molecular formula is C5H7NO4. The minimum absolute atomic E-state index is 0.558. The summed E-state index contributed by atoms with van der Waals surface area (Å²) in [6.07, 6.45) is 0. The maximum absolute atomic E-state index is 10.4. The number of aliphatic hydroxyl groups excluding tert-OH is 1. The molecule has 0 rings (SSSR count). The van der Waals surface area contributed by atoms with E-state index in [-0.39, 0.29) is 0 Å². The Balaban J connectivity index is 4.79. The van der Waals surface area contributed by atoms with Crippen molar-refractivity contribution in [1.29, 1.82) is 0 Å². The topological polar surface area (TPSA) is 80.4 Å². The Kier molecular flexibility index (Phi) is 2.54. The maximum Gasteiger partial charge on any atom is 0.348 e. The van der Waals surface area contributed by atoms with Crippen LogP contribution in [0.25, 0.3) is 0 Å². The van der Waals surface area contributed by atoms with Crippen molar-refractivity contribution >= 4 is 5.78 Å². The Morgan fingerprint density at radius 2 is 1.90 bits per heavy atom. The third-order valence-electron chi connectivity index (χ3n) is 0.859. The van der Waals surface area contributed by atoms with Crippen LogP contribution in [0.3, 0.4) is 0 Å². The number of carbonyl (C=O) groups is 1. The minimum atomic E-state index is -0.905. The average Bonchev–Trinajstić information content (AvgIpc) is 1.59. The first-order valence-corrected chi connectivity index (χ1v) is 2.52. The van der Waals surface area contributed by atoms with E-state index >= 15 is 0 Å². The molecule has 0 aromatic rings. The van der Waals surface area contributed by atoms with Gasteiger partial charge in [0, 0.05) is 13.8 Å². The van der Waals surface area contributed by atoms with E-state index in [4.69, 9.17) is 5.11 Å². The lowest BCUT2D eigenvalue weighted by Gasteiger charge is -1.92. The molecule has 0 aliphatic rings. The number of carbonyl (C=O) groups excluding carboxylic acids is 1. The zero-order valence-electron chi connectivity index (χ0n) is 5.62. The maximum atomic E-state index is 10.4.